The Labute approximate surface area is 151 Å². The summed E-state index contributed by atoms with van der Waals surface area (Å²) in [6, 6.07) is 10.8. The highest BCUT2D eigenvalue weighted by Gasteiger charge is 2.23. The number of nitrogens with one attached hydrogen (secondary N) is 1. The Bertz CT molecular complexity index is 697. The van der Waals surface area contributed by atoms with Gasteiger partial charge in [-0.2, -0.15) is 0 Å². The van der Waals surface area contributed by atoms with Crippen molar-refractivity contribution in [2.75, 3.05) is 32.8 Å². The Morgan fingerprint density at radius 1 is 1.24 bits per heavy atom. The number of pyridine rings is 1. The molecule has 2 aromatic rings. The second-order valence-electron chi connectivity index (χ2n) is 6.58. The molecule has 1 aromatic heterocycles. The number of aryl methyl sites for hydroxylation is 1. The van der Waals surface area contributed by atoms with Gasteiger partial charge in [0.2, 0.25) is 0 Å². The lowest BCUT2D eigenvalue weighted by atomic mass is 9.90. The number of aromatic nitrogens is 1. The fraction of sp³-hybridized carbons (Fsp3) is 0.476. The van der Waals surface area contributed by atoms with Crippen molar-refractivity contribution in [1.82, 2.24) is 15.2 Å². The molecule has 0 bridgehead atoms. The third-order valence-electron chi connectivity index (χ3n) is 5.06. The maximum Gasteiger partial charge on any atom is 0.119 e. The molecule has 0 amide bonds. The first-order valence-electron chi connectivity index (χ1n) is 9.35. The van der Waals surface area contributed by atoms with Crippen LogP contribution in [0.2, 0.25) is 0 Å². The Kier molecular flexibility index (Phi) is 6.05. The third kappa shape index (κ3) is 4.20. The van der Waals surface area contributed by atoms with E-state index < -0.39 is 0 Å². The molecule has 1 aromatic carbocycles. The Morgan fingerprint density at radius 2 is 2.08 bits per heavy atom. The molecule has 0 spiro atoms. The van der Waals surface area contributed by atoms with Crippen LogP contribution in [0.4, 0.5) is 0 Å². The van der Waals surface area contributed by atoms with E-state index in [1.807, 2.05) is 12.3 Å². The SMILES string of the molecule is CCN(CC)CCOc1ccc2c(c1)CCNC2c1ncccc1C. The summed E-state index contributed by atoms with van der Waals surface area (Å²) in [4.78, 5) is 6.99. The van der Waals surface area contributed by atoms with E-state index in [9.17, 15) is 0 Å². The highest BCUT2D eigenvalue weighted by atomic mass is 16.5. The van der Waals surface area contributed by atoms with Gasteiger partial charge in [-0.1, -0.05) is 26.0 Å². The summed E-state index contributed by atoms with van der Waals surface area (Å²) in [7, 11) is 0. The van der Waals surface area contributed by atoms with Crippen LogP contribution in [0.1, 0.15) is 42.3 Å². The average molecular weight is 339 g/mol. The molecule has 0 fully saturated rings. The summed E-state index contributed by atoms with van der Waals surface area (Å²) in [5.41, 5.74) is 5.05. The van der Waals surface area contributed by atoms with Crippen LogP contribution in [-0.4, -0.2) is 42.7 Å². The van der Waals surface area contributed by atoms with Crippen molar-refractivity contribution in [2.45, 2.75) is 33.2 Å². The van der Waals surface area contributed by atoms with Crippen molar-refractivity contribution in [1.29, 1.82) is 0 Å². The summed E-state index contributed by atoms with van der Waals surface area (Å²) in [5.74, 6) is 0.976. The van der Waals surface area contributed by atoms with Gasteiger partial charge in [-0.15, -0.1) is 0 Å². The zero-order valence-corrected chi connectivity index (χ0v) is 15.6. The smallest absolute Gasteiger partial charge is 0.119 e. The second-order valence-corrected chi connectivity index (χ2v) is 6.58. The number of rotatable bonds is 7. The quantitative estimate of drug-likeness (QED) is 0.839. The molecule has 1 unspecified atom stereocenters. The first-order chi connectivity index (χ1) is 12.2. The molecule has 4 heteroatoms. The zero-order chi connectivity index (χ0) is 17.6. The van der Waals surface area contributed by atoms with Gasteiger partial charge < -0.3 is 15.0 Å². The van der Waals surface area contributed by atoms with Crippen LogP contribution in [0.5, 0.6) is 5.75 Å². The summed E-state index contributed by atoms with van der Waals surface area (Å²) in [6.45, 7) is 11.3. The summed E-state index contributed by atoms with van der Waals surface area (Å²) in [5, 5.41) is 3.62. The maximum atomic E-state index is 5.99. The monoisotopic (exact) mass is 339 g/mol. The summed E-state index contributed by atoms with van der Waals surface area (Å²) in [6.07, 6.45) is 2.91. The van der Waals surface area contributed by atoms with Crippen LogP contribution in [0.3, 0.4) is 0 Å². The predicted octanol–water partition coefficient (Wildman–Crippen LogP) is 3.35. The van der Waals surface area contributed by atoms with Gasteiger partial charge in [-0.25, -0.2) is 0 Å². The normalized spacial score (nSPS) is 16.7. The molecule has 2 heterocycles. The van der Waals surface area contributed by atoms with E-state index in [2.05, 4.69) is 60.2 Å². The highest BCUT2D eigenvalue weighted by molar-refractivity contribution is 5.43. The van der Waals surface area contributed by atoms with Crippen molar-refractivity contribution in [2.24, 2.45) is 0 Å². The number of fused-ring (bicyclic) bond motifs is 1. The van der Waals surface area contributed by atoms with Crippen LogP contribution in [0, 0.1) is 6.92 Å². The number of nitrogens with zero attached hydrogens (tertiary/aromatic N) is 2. The summed E-state index contributed by atoms with van der Waals surface area (Å²) < 4.78 is 5.99. The van der Waals surface area contributed by atoms with Gasteiger partial charge in [0, 0.05) is 19.3 Å². The van der Waals surface area contributed by atoms with Crippen LogP contribution >= 0.6 is 0 Å². The largest absolute Gasteiger partial charge is 0.492 e. The van der Waals surface area contributed by atoms with Crippen molar-refractivity contribution in [3.05, 3.63) is 58.9 Å². The minimum absolute atomic E-state index is 0.176. The van der Waals surface area contributed by atoms with Crippen LogP contribution in [0.15, 0.2) is 36.5 Å². The molecule has 1 aliphatic heterocycles. The van der Waals surface area contributed by atoms with Crippen LogP contribution < -0.4 is 10.1 Å². The van der Waals surface area contributed by atoms with Crippen molar-refractivity contribution in [3.63, 3.8) is 0 Å². The van der Waals surface area contributed by atoms with E-state index in [4.69, 9.17) is 4.74 Å². The molecule has 1 atom stereocenters. The first-order valence-corrected chi connectivity index (χ1v) is 9.35. The fourth-order valence-electron chi connectivity index (χ4n) is 3.51. The molecular formula is C21H29N3O. The number of benzene rings is 1. The number of likely N-dealkylation sites (N-methyl/N-ethyl adjacent to an activating group) is 1. The van der Waals surface area contributed by atoms with Crippen molar-refractivity contribution >= 4 is 0 Å². The lowest BCUT2D eigenvalue weighted by Gasteiger charge is -2.28. The first kappa shape index (κ1) is 17.9. The minimum atomic E-state index is 0.176. The van der Waals surface area contributed by atoms with E-state index in [-0.39, 0.29) is 6.04 Å². The van der Waals surface area contributed by atoms with Gasteiger partial charge in [0.1, 0.15) is 12.4 Å². The van der Waals surface area contributed by atoms with Crippen molar-refractivity contribution < 1.29 is 4.74 Å². The minimum Gasteiger partial charge on any atom is -0.492 e. The van der Waals surface area contributed by atoms with E-state index in [0.717, 1.165) is 50.7 Å². The van der Waals surface area contributed by atoms with Gasteiger partial charge in [0.05, 0.1) is 11.7 Å². The molecule has 1 N–H and O–H groups in total. The number of ether oxygens (including phenoxy) is 1. The lowest BCUT2D eigenvalue weighted by Crippen LogP contribution is -2.31. The number of hydrogen-bond acceptors (Lipinski definition) is 4. The Balaban J connectivity index is 1.73. The number of hydrogen-bond donors (Lipinski definition) is 1. The molecule has 134 valence electrons. The van der Waals surface area contributed by atoms with Crippen LogP contribution in [-0.2, 0) is 6.42 Å². The molecule has 0 saturated carbocycles. The molecule has 0 aliphatic carbocycles. The molecule has 4 nitrogen and oxygen atoms in total. The van der Waals surface area contributed by atoms with E-state index in [1.54, 1.807) is 0 Å². The lowest BCUT2D eigenvalue weighted by molar-refractivity contribution is 0.222. The molecular weight excluding hydrogens is 310 g/mol. The Hall–Kier alpha value is -1.91. The molecule has 1 aliphatic rings. The standard InChI is InChI=1S/C21H29N3O/c1-4-24(5-2)13-14-25-18-8-9-19-17(15-18)10-12-23-21(19)20-16(3)7-6-11-22-20/h6-9,11,15,21,23H,4-5,10,12-14H2,1-3H3. The maximum absolute atomic E-state index is 5.99. The molecule has 25 heavy (non-hydrogen) atoms. The molecule has 0 saturated heterocycles. The van der Waals surface area contributed by atoms with Gasteiger partial charge in [-0.05, 0) is 61.3 Å². The van der Waals surface area contributed by atoms with Gasteiger partial charge in [0.25, 0.3) is 0 Å². The molecule has 0 radical (unpaired) electrons. The highest BCUT2D eigenvalue weighted by Crippen LogP contribution is 2.31. The zero-order valence-electron chi connectivity index (χ0n) is 15.6. The second kappa shape index (κ2) is 8.45. The predicted molar refractivity (Wildman–Crippen MR) is 102 cm³/mol. The average Bonchev–Trinajstić information content (AvgIpc) is 2.65. The molecule has 3 rings (SSSR count). The van der Waals surface area contributed by atoms with Gasteiger partial charge >= 0.3 is 0 Å². The van der Waals surface area contributed by atoms with Crippen LogP contribution in [0.25, 0.3) is 0 Å². The van der Waals surface area contributed by atoms with E-state index >= 15 is 0 Å². The third-order valence-corrected chi connectivity index (χ3v) is 5.06. The van der Waals surface area contributed by atoms with Gasteiger partial charge in [-0.3, -0.25) is 4.98 Å². The summed E-state index contributed by atoms with van der Waals surface area (Å²) >= 11 is 0. The van der Waals surface area contributed by atoms with E-state index in [0.29, 0.717) is 0 Å². The van der Waals surface area contributed by atoms with Gasteiger partial charge in [0.15, 0.2) is 0 Å². The van der Waals surface area contributed by atoms with E-state index in [1.165, 1.54) is 16.7 Å². The van der Waals surface area contributed by atoms with Crippen molar-refractivity contribution in [3.8, 4) is 5.75 Å². The Morgan fingerprint density at radius 3 is 2.84 bits per heavy atom. The fourth-order valence-corrected chi connectivity index (χ4v) is 3.51. The topological polar surface area (TPSA) is 37.4 Å².